The molecule has 2 N–H and O–H groups in total. The Morgan fingerprint density at radius 3 is 2.70 bits per heavy atom. The average Bonchev–Trinajstić information content (AvgIpc) is 2.47. The predicted molar refractivity (Wildman–Crippen MR) is 82.9 cm³/mol. The third kappa shape index (κ3) is 3.33. The molecule has 0 radical (unpaired) electrons. The van der Waals surface area contributed by atoms with Gasteiger partial charge in [-0.3, -0.25) is 0 Å². The van der Waals surface area contributed by atoms with Gasteiger partial charge in [-0.15, -0.1) is 11.8 Å². The molecular weight excluding hydrogens is 270 g/mol. The van der Waals surface area contributed by atoms with Crippen LogP contribution in [0.1, 0.15) is 21.5 Å². The Bertz CT molecular complexity index is 626. The van der Waals surface area contributed by atoms with Crippen molar-refractivity contribution in [2.24, 2.45) is 0 Å². The summed E-state index contributed by atoms with van der Waals surface area (Å²) in [4.78, 5) is 12.4. The average molecular weight is 287 g/mol. The van der Waals surface area contributed by atoms with Crippen molar-refractivity contribution >= 4 is 23.4 Å². The Morgan fingerprint density at radius 1 is 1.25 bits per heavy atom. The second kappa shape index (κ2) is 6.48. The van der Waals surface area contributed by atoms with Crippen molar-refractivity contribution in [2.45, 2.75) is 17.6 Å². The molecule has 0 fully saturated rings. The van der Waals surface area contributed by atoms with Crippen LogP contribution in [0.2, 0.25) is 0 Å². The molecular formula is C16H17NO2S. The summed E-state index contributed by atoms with van der Waals surface area (Å²) in [6.45, 7) is 2.09. The first-order valence-electron chi connectivity index (χ1n) is 6.27. The first-order valence-corrected chi connectivity index (χ1v) is 7.25. The lowest BCUT2D eigenvalue weighted by Crippen LogP contribution is -2.02. The van der Waals surface area contributed by atoms with Crippen LogP contribution in [-0.4, -0.2) is 13.1 Å². The normalized spacial score (nSPS) is 10.3. The van der Waals surface area contributed by atoms with E-state index < -0.39 is 0 Å². The van der Waals surface area contributed by atoms with E-state index in [2.05, 4.69) is 19.1 Å². The number of anilines is 1. The number of benzene rings is 2. The van der Waals surface area contributed by atoms with E-state index in [1.165, 1.54) is 18.2 Å². The number of thioether (sulfide) groups is 1. The van der Waals surface area contributed by atoms with Gasteiger partial charge >= 0.3 is 5.97 Å². The van der Waals surface area contributed by atoms with Crippen LogP contribution in [0.3, 0.4) is 0 Å². The molecule has 4 heteroatoms. The molecule has 2 aromatic rings. The number of carbonyl (C=O) groups is 1. The molecule has 2 aromatic carbocycles. The Hall–Kier alpha value is -1.94. The second-order valence-electron chi connectivity index (χ2n) is 4.46. The maximum absolute atomic E-state index is 11.5. The minimum atomic E-state index is -0.345. The van der Waals surface area contributed by atoms with Gasteiger partial charge in [0.05, 0.1) is 12.7 Å². The monoisotopic (exact) mass is 287 g/mol. The van der Waals surface area contributed by atoms with Gasteiger partial charge < -0.3 is 10.5 Å². The molecule has 0 saturated carbocycles. The van der Waals surface area contributed by atoms with Crippen molar-refractivity contribution in [2.75, 3.05) is 12.8 Å². The summed E-state index contributed by atoms with van der Waals surface area (Å²) < 4.78 is 4.72. The Balaban J connectivity index is 2.17. The lowest BCUT2D eigenvalue weighted by atomic mass is 10.1. The third-order valence-corrected chi connectivity index (χ3v) is 4.20. The van der Waals surface area contributed by atoms with E-state index in [9.17, 15) is 4.79 Å². The molecule has 0 aliphatic heterocycles. The zero-order chi connectivity index (χ0) is 14.5. The van der Waals surface area contributed by atoms with Crippen molar-refractivity contribution in [3.05, 3.63) is 59.2 Å². The van der Waals surface area contributed by atoms with Crippen LogP contribution in [0.5, 0.6) is 0 Å². The van der Waals surface area contributed by atoms with Gasteiger partial charge in [0, 0.05) is 16.3 Å². The Morgan fingerprint density at radius 2 is 2.00 bits per heavy atom. The Labute approximate surface area is 123 Å². The highest BCUT2D eigenvalue weighted by Gasteiger charge is 2.09. The summed E-state index contributed by atoms with van der Waals surface area (Å²) in [6.07, 6.45) is 0. The fraction of sp³-hybridized carbons (Fsp3) is 0.188. The van der Waals surface area contributed by atoms with Crippen LogP contribution in [0.4, 0.5) is 5.69 Å². The van der Waals surface area contributed by atoms with Crippen molar-refractivity contribution < 1.29 is 9.53 Å². The van der Waals surface area contributed by atoms with Gasteiger partial charge in [0.25, 0.3) is 0 Å². The molecule has 2 rings (SSSR count). The second-order valence-corrected chi connectivity index (χ2v) is 5.48. The quantitative estimate of drug-likeness (QED) is 0.530. The van der Waals surface area contributed by atoms with Crippen LogP contribution in [0, 0.1) is 6.92 Å². The number of ether oxygens (including phenoxy) is 1. The topological polar surface area (TPSA) is 52.3 Å². The van der Waals surface area contributed by atoms with Gasteiger partial charge in [0.1, 0.15) is 0 Å². The fourth-order valence-electron chi connectivity index (χ4n) is 1.83. The van der Waals surface area contributed by atoms with Crippen molar-refractivity contribution in [1.29, 1.82) is 0 Å². The lowest BCUT2D eigenvalue weighted by Gasteiger charge is -2.09. The van der Waals surface area contributed by atoms with Crippen LogP contribution in [-0.2, 0) is 10.5 Å². The summed E-state index contributed by atoms with van der Waals surface area (Å²) in [5.74, 6) is 0.476. The number of carbonyl (C=O) groups excluding carboxylic acids is 1. The number of rotatable bonds is 4. The highest BCUT2D eigenvalue weighted by atomic mass is 32.2. The molecule has 0 bridgehead atoms. The van der Waals surface area contributed by atoms with E-state index in [0.717, 1.165) is 10.6 Å². The van der Waals surface area contributed by atoms with Gasteiger partial charge in [-0.1, -0.05) is 24.3 Å². The van der Waals surface area contributed by atoms with Gasteiger partial charge in [0.15, 0.2) is 0 Å². The molecule has 0 amide bonds. The molecule has 20 heavy (non-hydrogen) atoms. The van der Waals surface area contributed by atoms with E-state index >= 15 is 0 Å². The lowest BCUT2D eigenvalue weighted by molar-refractivity contribution is 0.0600. The van der Waals surface area contributed by atoms with E-state index in [-0.39, 0.29) is 5.97 Å². The molecule has 0 unspecified atom stereocenters. The summed E-state index contributed by atoms with van der Waals surface area (Å²) in [5, 5.41) is 0. The minimum Gasteiger partial charge on any atom is -0.465 e. The van der Waals surface area contributed by atoms with Gasteiger partial charge in [0.2, 0.25) is 0 Å². The molecule has 0 spiro atoms. The smallest absolute Gasteiger partial charge is 0.337 e. The van der Waals surface area contributed by atoms with Gasteiger partial charge in [-0.2, -0.15) is 0 Å². The first-order chi connectivity index (χ1) is 9.61. The standard InChI is InChI=1S/C16H17NO2S/c1-11-5-3-4-6-13(11)10-20-15-9-12(16(18)19-2)7-8-14(15)17/h3-9H,10,17H2,1-2H3. The largest absolute Gasteiger partial charge is 0.465 e. The predicted octanol–water partition coefficient (Wildman–Crippen LogP) is 3.66. The zero-order valence-corrected chi connectivity index (χ0v) is 12.4. The fourth-order valence-corrected chi connectivity index (χ4v) is 2.91. The molecule has 0 heterocycles. The van der Waals surface area contributed by atoms with E-state index in [1.807, 2.05) is 12.1 Å². The van der Waals surface area contributed by atoms with Crippen molar-refractivity contribution in [3.63, 3.8) is 0 Å². The van der Waals surface area contributed by atoms with Crippen molar-refractivity contribution in [1.82, 2.24) is 0 Å². The van der Waals surface area contributed by atoms with Gasteiger partial charge in [-0.25, -0.2) is 4.79 Å². The van der Waals surface area contributed by atoms with E-state index in [0.29, 0.717) is 11.3 Å². The summed E-state index contributed by atoms with van der Waals surface area (Å²) in [6, 6.07) is 13.4. The summed E-state index contributed by atoms with van der Waals surface area (Å²) in [5.41, 5.74) is 9.68. The zero-order valence-electron chi connectivity index (χ0n) is 11.6. The maximum Gasteiger partial charge on any atom is 0.337 e. The number of hydrogen-bond donors (Lipinski definition) is 1. The maximum atomic E-state index is 11.5. The van der Waals surface area contributed by atoms with Crippen LogP contribution >= 0.6 is 11.8 Å². The third-order valence-electron chi connectivity index (χ3n) is 3.08. The van der Waals surface area contributed by atoms with Gasteiger partial charge in [-0.05, 0) is 36.2 Å². The number of aryl methyl sites for hydroxylation is 1. The number of methoxy groups -OCH3 is 1. The highest BCUT2D eigenvalue weighted by Crippen LogP contribution is 2.30. The van der Waals surface area contributed by atoms with E-state index in [1.54, 1.807) is 30.0 Å². The molecule has 3 nitrogen and oxygen atoms in total. The Kier molecular flexibility index (Phi) is 4.69. The van der Waals surface area contributed by atoms with Crippen LogP contribution in [0.25, 0.3) is 0 Å². The molecule has 0 saturated heterocycles. The number of hydrogen-bond acceptors (Lipinski definition) is 4. The first kappa shape index (κ1) is 14.5. The van der Waals surface area contributed by atoms with Crippen molar-refractivity contribution in [3.8, 4) is 0 Å². The molecule has 0 aliphatic carbocycles. The number of nitrogen functional groups attached to an aromatic ring is 1. The van der Waals surface area contributed by atoms with Crippen LogP contribution in [0.15, 0.2) is 47.4 Å². The molecule has 0 aromatic heterocycles. The minimum absolute atomic E-state index is 0.345. The molecule has 104 valence electrons. The van der Waals surface area contributed by atoms with E-state index in [4.69, 9.17) is 10.5 Å². The summed E-state index contributed by atoms with van der Waals surface area (Å²) >= 11 is 1.62. The number of esters is 1. The summed E-state index contributed by atoms with van der Waals surface area (Å²) in [7, 11) is 1.37. The SMILES string of the molecule is COC(=O)c1ccc(N)c(SCc2ccccc2C)c1. The number of nitrogens with two attached hydrogens (primary N) is 1. The molecule has 0 atom stereocenters. The molecule has 0 aliphatic rings. The highest BCUT2D eigenvalue weighted by molar-refractivity contribution is 7.98. The van der Waals surface area contributed by atoms with Crippen LogP contribution < -0.4 is 5.73 Å².